The highest BCUT2D eigenvalue weighted by molar-refractivity contribution is 8.00. The third-order valence-electron chi connectivity index (χ3n) is 3.70. The molecule has 1 aliphatic heterocycles. The zero-order valence-electron chi connectivity index (χ0n) is 13.3. The molecule has 1 unspecified atom stereocenters. The average molecular weight is 340 g/mol. The minimum absolute atomic E-state index is 0.0614. The predicted octanol–water partition coefficient (Wildman–Crippen LogP) is 3.57. The molecule has 1 atom stereocenters. The Kier molecular flexibility index (Phi) is 4.40. The van der Waals surface area contributed by atoms with Gasteiger partial charge >= 0.3 is 0 Å². The van der Waals surface area contributed by atoms with Gasteiger partial charge in [0.2, 0.25) is 5.91 Å². The van der Waals surface area contributed by atoms with Gasteiger partial charge in [0.15, 0.2) is 5.78 Å². The molecule has 24 heavy (non-hydrogen) atoms. The van der Waals surface area contributed by atoms with Crippen molar-refractivity contribution in [1.29, 1.82) is 0 Å². The van der Waals surface area contributed by atoms with E-state index in [-0.39, 0.29) is 22.8 Å². The van der Waals surface area contributed by atoms with Crippen LogP contribution in [0.2, 0.25) is 0 Å². The molecule has 1 heterocycles. The van der Waals surface area contributed by atoms with Gasteiger partial charge in [0.05, 0.1) is 10.9 Å². The normalized spacial score (nSPS) is 16.1. The lowest BCUT2D eigenvalue weighted by atomic mass is 10.1. The smallest absolute Gasteiger partial charge is 0.255 e. The molecule has 3 rings (SSSR count). The number of fused-ring (bicyclic) bond motifs is 1. The van der Waals surface area contributed by atoms with Gasteiger partial charge in [-0.1, -0.05) is 12.1 Å². The molecule has 122 valence electrons. The maximum atomic E-state index is 12.4. The lowest BCUT2D eigenvalue weighted by molar-refractivity contribution is -0.115. The van der Waals surface area contributed by atoms with Gasteiger partial charge in [-0.25, -0.2) is 0 Å². The number of hydrogen-bond acceptors (Lipinski definition) is 4. The summed E-state index contributed by atoms with van der Waals surface area (Å²) >= 11 is 1.47. The van der Waals surface area contributed by atoms with Gasteiger partial charge in [0, 0.05) is 21.7 Å². The maximum absolute atomic E-state index is 12.4. The Balaban J connectivity index is 1.81. The summed E-state index contributed by atoms with van der Waals surface area (Å²) in [4.78, 5) is 36.5. The number of rotatable bonds is 3. The van der Waals surface area contributed by atoms with Crippen molar-refractivity contribution in [2.24, 2.45) is 0 Å². The van der Waals surface area contributed by atoms with Crippen LogP contribution in [0.25, 0.3) is 0 Å². The lowest BCUT2D eigenvalue weighted by Gasteiger charge is -2.21. The fourth-order valence-corrected chi connectivity index (χ4v) is 3.30. The van der Waals surface area contributed by atoms with Crippen LogP contribution < -0.4 is 10.6 Å². The zero-order chi connectivity index (χ0) is 17.3. The summed E-state index contributed by atoms with van der Waals surface area (Å²) in [7, 11) is 0. The van der Waals surface area contributed by atoms with Gasteiger partial charge in [0.1, 0.15) is 0 Å². The molecule has 0 spiro atoms. The van der Waals surface area contributed by atoms with Crippen molar-refractivity contribution < 1.29 is 14.4 Å². The van der Waals surface area contributed by atoms with Gasteiger partial charge in [-0.05, 0) is 44.2 Å². The maximum Gasteiger partial charge on any atom is 0.255 e. The fourth-order valence-electron chi connectivity index (χ4n) is 2.37. The summed E-state index contributed by atoms with van der Waals surface area (Å²) < 4.78 is 0. The number of carbonyl (C=O) groups excluding carboxylic acids is 3. The number of ketones is 1. The second-order valence-electron chi connectivity index (χ2n) is 5.55. The van der Waals surface area contributed by atoms with Crippen LogP contribution in [-0.4, -0.2) is 22.8 Å². The molecule has 1 aliphatic rings. The van der Waals surface area contributed by atoms with Crippen molar-refractivity contribution >= 4 is 40.7 Å². The zero-order valence-corrected chi connectivity index (χ0v) is 14.1. The van der Waals surface area contributed by atoms with Crippen LogP contribution in [0.15, 0.2) is 47.4 Å². The van der Waals surface area contributed by atoms with Crippen molar-refractivity contribution in [3.8, 4) is 0 Å². The summed E-state index contributed by atoms with van der Waals surface area (Å²) in [5.74, 6) is -0.427. The lowest BCUT2D eigenvalue weighted by Crippen LogP contribution is -2.26. The standard InChI is InChI=1S/C18H16N2O3S/c1-10(21)12-4-3-5-14(8-12)19-18(23)13-6-7-16-15(9-13)20-17(22)11(2)24-16/h3-9,11H,1-2H3,(H,19,23)(H,20,22). The molecule has 0 aromatic heterocycles. The Hall–Kier alpha value is -2.60. The SMILES string of the molecule is CC(=O)c1cccc(NC(=O)c2ccc3c(c2)NC(=O)C(C)S3)c1. The highest BCUT2D eigenvalue weighted by Gasteiger charge is 2.23. The topological polar surface area (TPSA) is 75.3 Å². The first-order valence-corrected chi connectivity index (χ1v) is 8.36. The molecule has 2 aromatic rings. The summed E-state index contributed by atoms with van der Waals surface area (Å²) in [5.41, 5.74) is 2.18. The summed E-state index contributed by atoms with van der Waals surface area (Å²) in [6.07, 6.45) is 0. The van der Waals surface area contributed by atoms with Crippen molar-refractivity contribution in [1.82, 2.24) is 0 Å². The van der Waals surface area contributed by atoms with Crippen LogP contribution >= 0.6 is 11.8 Å². The van der Waals surface area contributed by atoms with E-state index in [9.17, 15) is 14.4 Å². The van der Waals surface area contributed by atoms with E-state index >= 15 is 0 Å². The Morgan fingerprint density at radius 3 is 2.67 bits per heavy atom. The minimum Gasteiger partial charge on any atom is -0.324 e. The highest BCUT2D eigenvalue weighted by Crippen LogP contribution is 2.36. The van der Waals surface area contributed by atoms with Crippen molar-refractivity contribution in [3.63, 3.8) is 0 Å². The van der Waals surface area contributed by atoms with Crippen LogP contribution in [0.3, 0.4) is 0 Å². The highest BCUT2D eigenvalue weighted by atomic mass is 32.2. The number of carbonyl (C=O) groups is 3. The van der Waals surface area contributed by atoms with Crippen LogP contribution in [0.5, 0.6) is 0 Å². The molecule has 0 radical (unpaired) electrons. The fraction of sp³-hybridized carbons (Fsp3) is 0.167. The van der Waals surface area contributed by atoms with Gasteiger partial charge in [-0.3, -0.25) is 14.4 Å². The molecule has 2 N–H and O–H groups in total. The molecular formula is C18H16N2O3S. The van der Waals surface area contributed by atoms with Crippen LogP contribution in [0.1, 0.15) is 34.6 Å². The monoisotopic (exact) mass is 340 g/mol. The molecule has 0 fully saturated rings. The number of Topliss-reactive ketones (excluding diaryl/α,β-unsaturated/α-hetero) is 1. The summed E-state index contributed by atoms with van der Waals surface area (Å²) in [5, 5.41) is 5.43. The summed E-state index contributed by atoms with van der Waals surface area (Å²) in [6, 6.07) is 12.0. The van der Waals surface area contributed by atoms with E-state index in [0.29, 0.717) is 22.5 Å². The van der Waals surface area contributed by atoms with E-state index in [1.54, 1.807) is 36.4 Å². The van der Waals surface area contributed by atoms with E-state index in [4.69, 9.17) is 0 Å². The minimum atomic E-state index is -0.295. The molecule has 0 saturated carbocycles. The Morgan fingerprint density at radius 1 is 1.12 bits per heavy atom. The Labute approximate surface area is 143 Å². The quantitative estimate of drug-likeness (QED) is 0.838. The second kappa shape index (κ2) is 6.49. The number of benzene rings is 2. The largest absolute Gasteiger partial charge is 0.324 e. The summed E-state index contributed by atoms with van der Waals surface area (Å²) in [6.45, 7) is 3.32. The molecule has 0 aliphatic carbocycles. The Bertz CT molecular complexity index is 848. The van der Waals surface area contributed by atoms with E-state index in [2.05, 4.69) is 10.6 Å². The number of amides is 2. The number of thioether (sulfide) groups is 1. The first-order chi connectivity index (χ1) is 11.4. The van der Waals surface area contributed by atoms with Crippen LogP contribution in [0, 0.1) is 0 Å². The Morgan fingerprint density at radius 2 is 1.92 bits per heavy atom. The van der Waals surface area contributed by atoms with Crippen LogP contribution in [-0.2, 0) is 4.79 Å². The first kappa shape index (κ1) is 16.3. The van der Waals surface area contributed by atoms with Crippen molar-refractivity contribution in [3.05, 3.63) is 53.6 Å². The van der Waals surface area contributed by atoms with Crippen LogP contribution in [0.4, 0.5) is 11.4 Å². The molecule has 5 nitrogen and oxygen atoms in total. The third kappa shape index (κ3) is 3.33. The molecule has 2 amide bonds. The molecule has 2 aromatic carbocycles. The molecular weight excluding hydrogens is 324 g/mol. The molecule has 0 saturated heterocycles. The van der Waals surface area contributed by atoms with Gasteiger partial charge in [-0.2, -0.15) is 0 Å². The number of nitrogens with one attached hydrogen (secondary N) is 2. The third-order valence-corrected chi connectivity index (χ3v) is 4.88. The molecule has 6 heteroatoms. The van der Waals surface area contributed by atoms with Gasteiger partial charge < -0.3 is 10.6 Å². The van der Waals surface area contributed by atoms with E-state index in [1.807, 2.05) is 13.0 Å². The van der Waals surface area contributed by atoms with Crippen molar-refractivity contribution in [2.45, 2.75) is 24.0 Å². The van der Waals surface area contributed by atoms with E-state index in [0.717, 1.165) is 4.90 Å². The van der Waals surface area contributed by atoms with E-state index < -0.39 is 0 Å². The van der Waals surface area contributed by atoms with Gasteiger partial charge in [-0.15, -0.1) is 11.8 Å². The molecule has 0 bridgehead atoms. The predicted molar refractivity (Wildman–Crippen MR) is 94.8 cm³/mol. The number of anilines is 2. The first-order valence-electron chi connectivity index (χ1n) is 7.48. The van der Waals surface area contributed by atoms with Crippen molar-refractivity contribution in [2.75, 3.05) is 10.6 Å². The second-order valence-corrected chi connectivity index (χ2v) is 6.93. The number of hydrogen-bond donors (Lipinski definition) is 2. The average Bonchev–Trinajstić information content (AvgIpc) is 2.55. The van der Waals surface area contributed by atoms with E-state index in [1.165, 1.54) is 18.7 Å². The van der Waals surface area contributed by atoms with Gasteiger partial charge in [0.25, 0.3) is 5.91 Å².